The fourth-order valence-corrected chi connectivity index (χ4v) is 2.41. The van der Waals surface area contributed by atoms with Crippen molar-refractivity contribution >= 4 is 11.4 Å². The van der Waals surface area contributed by atoms with Gasteiger partial charge in [0.2, 0.25) is 0 Å². The van der Waals surface area contributed by atoms with Gasteiger partial charge in [-0.15, -0.1) is 0 Å². The number of nitrogens with zero attached hydrogens (tertiary/aromatic N) is 2. The highest BCUT2D eigenvalue weighted by molar-refractivity contribution is 5.72. The van der Waals surface area contributed by atoms with Crippen LogP contribution in [0.4, 0.5) is 0 Å². The zero-order valence-electron chi connectivity index (χ0n) is 16.0. The van der Waals surface area contributed by atoms with E-state index in [0.29, 0.717) is 18.4 Å². The fourth-order valence-electron chi connectivity index (χ4n) is 2.41. The Balaban J connectivity index is 3.33. The third-order valence-corrected chi connectivity index (χ3v) is 3.77. The van der Waals surface area contributed by atoms with Gasteiger partial charge >= 0.3 is 0 Å². The Morgan fingerprint density at radius 3 is 1.62 bits per heavy atom. The maximum absolute atomic E-state index is 9.01. The van der Waals surface area contributed by atoms with E-state index in [9.17, 15) is 0 Å². The molecule has 0 amide bonds. The third-order valence-electron chi connectivity index (χ3n) is 3.77. The molecule has 0 aliphatic heterocycles. The molecule has 0 saturated heterocycles. The van der Waals surface area contributed by atoms with Gasteiger partial charge in [0.05, 0.1) is 0 Å². The first-order valence-corrected chi connectivity index (χ1v) is 9.04. The van der Waals surface area contributed by atoms with Gasteiger partial charge in [-0.3, -0.25) is 0 Å². The summed E-state index contributed by atoms with van der Waals surface area (Å²) in [6, 6.07) is 11.1. The molecule has 1 aromatic rings. The molecule has 6 heteroatoms. The molecule has 0 saturated carbocycles. The molecule has 0 bridgehead atoms. The van der Waals surface area contributed by atoms with Gasteiger partial charge in [0.15, 0.2) is 0 Å². The van der Waals surface area contributed by atoms with E-state index in [2.05, 4.69) is 24.5 Å². The van der Waals surface area contributed by atoms with E-state index in [4.69, 9.17) is 20.0 Å². The number of nitriles is 2. The van der Waals surface area contributed by atoms with Crippen LogP contribution in [-0.4, -0.2) is 25.7 Å². The summed E-state index contributed by atoms with van der Waals surface area (Å²) in [5, 5.41) is 26.3. The van der Waals surface area contributed by atoms with Crippen LogP contribution in [0, 0.1) is 22.7 Å². The Labute approximate surface area is 155 Å². The summed E-state index contributed by atoms with van der Waals surface area (Å²) >= 11 is 0. The third kappa shape index (κ3) is 6.40. The second-order valence-corrected chi connectivity index (χ2v) is 5.54. The quantitative estimate of drug-likeness (QED) is 0.620. The number of rotatable bonds is 10. The fraction of sp³-hybridized carbons (Fsp3) is 0.500. The minimum atomic E-state index is -0.123. The lowest BCUT2D eigenvalue weighted by Crippen LogP contribution is -2.43. The maximum atomic E-state index is 9.01. The largest absolute Gasteiger partial charge is 0.359 e. The van der Waals surface area contributed by atoms with Gasteiger partial charge in [0.1, 0.15) is 36.0 Å². The summed E-state index contributed by atoms with van der Waals surface area (Å²) in [7, 11) is 0. The van der Waals surface area contributed by atoms with Gasteiger partial charge in [-0.1, -0.05) is 38.1 Å². The second kappa shape index (κ2) is 11.9. The van der Waals surface area contributed by atoms with Gasteiger partial charge in [0.25, 0.3) is 0 Å². The standard InChI is InChI=1S/C20H28N4O2/c1-5-18(25-7-3)23-20(24-19(6-2)26-8-4)16-11-9-15(10-12-16)17(13-21)14-22/h9-12,18-19,23-24H,5-8H2,1-4H3. The summed E-state index contributed by atoms with van der Waals surface area (Å²) in [5.41, 5.74) is 0.0977. The van der Waals surface area contributed by atoms with Gasteiger partial charge in [0, 0.05) is 23.7 Å². The predicted molar refractivity (Wildman–Crippen MR) is 101 cm³/mol. The first-order valence-electron chi connectivity index (χ1n) is 9.04. The lowest BCUT2D eigenvalue weighted by molar-refractivity contribution is 0.0331. The molecule has 0 fully saturated rings. The number of benzene rings is 1. The van der Waals surface area contributed by atoms with Crippen molar-refractivity contribution in [3.63, 3.8) is 0 Å². The predicted octanol–water partition coefficient (Wildman–Crippen LogP) is 1.67. The van der Waals surface area contributed by atoms with E-state index in [-0.39, 0.29) is 18.0 Å². The van der Waals surface area contributed by atoms with Crippen molar-refractivity contribution in [1.82, 2.24) is 10.6 Å². The Bertz CT molecular complexity index is 704. The van der Waals surface area contributed by atoms with Crippen LogP contribution in [0.2, 0.25) is 0 Å². The monoisotopic (exact) mass is 356 g/mol. The summed E-state index contributed by atoms with van der Waals surface area (Å²) in [6.07, 6.45) is 1.37. The first-order chi connectivity index (χ1) is 12.6. The highest BCUT2D eigenvalue weighted by Gasteiger charge is 2.12. The smallest absolute Gasteiger partial charge is 0.136 e. The molecule has 0 heterocycles. The molecular formula is C20H28N4O2. The summed E-state index contributed by atoms with van der Waals surface area (Å²) in [5.74, 6) is 0.799. The minimum Gasteiger partial charge on any atom is -0.359 e. The molecule has 140 valence electrons. The number of hydrogen-bond acceptors (Lipinski definition) is 6. The van der Waals surface area contributed by atoms with Crippen molar-refractivity contribution in [1.29, 1.82) is 10.5 Å². The minimum absolute atomic E-state index is 0.0977. The molecule has 0 spiro atoms. The van der Waals surface area contributed by atoms with Gasteiger partial charge in [-0.2, -0.15) is 10.5 Å². The molecule has 1 rings (SSSR count). The normalized spacial score (nSPS) is 12.4. The summed E-state index contributed by atoms with van der Waals surface area (Å²) < 4.78 is 11.4. The molecule has 0 aliphatic carbocycles. The summed E-state index contributed by atoms with van der Waals surface area (Å²) in [4.78, 5) is 0. The van der Waals surface area contributed by atoms with Crippen LogP contribution in [0.3, 0.4) is 0 Å². The Hall–Kier alpha value is -2.54. The first kappa shape index (κ1) is 21.5. The van der Waals surface area contributed by atoms with Gasteiger partial charge in [-0.25, -0.2) is 0 Å². The van der Waals surface area contributed by atoms with Crippen molar-refractivity contribution in [3.8, 4) is 12.1 Å². The molecule has 1 aromatic carbocycles. The van der Waals surface area contributed by atoms with Crippen molar-refractivity contribution in [2.45, 2.75) is 53.0 Å². The van der Waals surface area contributed by atoms with Crippen LogP contribution in [-0.2, 0) is 9.47 Å². The molecule has 0 aromatic heterocycles. The van der Waals surface area contributed by atoms with Crippen LogP contribution >= 0.6 is 0 Å². The molecule has 0 radical (unpaired) electrons. The zero-order chi connectivity index (χ0) is 19.4. The SMILES string of the molecule is CCOC(CC)NC(NC(CC)OCC)=c1ccc(=C(C#N)C#N)cc1. The maximum Gasteiger partial charge on any atom is 0.136 e. The topological polar surface area (TPSA) is 90.1 Å². The highest BCUT2D eigenvalue weighted by Crippen LogP contribution is 2.01. The average Bonchev–Trinajstić information content (AvgIpc) is 2.67. The summed E-state index contributed by atoms with van der Waals surface area (Å²) in [6.45, 7) is 9.25. The molecule has 0 aliphatic rings. The van der Waals surface area contributed by atoms with Crippen molar-refractivity contribution in [3.05, 3.63) is 34.7 Å². The van der Waals surface area contributed by atoms with E-state index in [1.165, 1.54) is 0 Å². The molecule has 2 atom stereocenters. The van der Waals surface area contributed by atoms with E-state index >= 15 is 0 Å². The van der Waals surface area contributed by atoms with Crippen molar-refractivity contribution in [2.75, 3.05) is 13.2 Å². The molecule has 2 N–H and O–H groups in total. The van der Waals surface area contributed by atoms with Crippen LogP contribution in [0.25, 0.3) is 11.4 Å². The van der Waals surface area contributed by atoms with Crippen LogP contribution in [0.15, 0.2) is 24.3 Å². The van der Waals surface area contributed by atoms with E-state index < -0.39 is 0 Å². The molecular weight excluding hydrogens is 328 g/mol. The molecule has 6 nitrogen and oxygen atoms in total. The van der Waals surface area contributed by atoms with Crippen molar-refractivity contribution < 1.29 is 9.47 Å². The second-order valence-electron chi connectivity index (χ2n) is 5.54. The van der Waals surface area contributed by atoms with E-state index in [1.807, 2.05) is 38.1 Å². The Morgan fingerprint density at radius 1 is 0.846 bits per heavy atom. The van der Waals surface area contributed by atoms with Crippen molar-refractivity contribution in [2.24, 2.45) is 0 Å². The lowest BCUT2D eigenvalue weighted by Gasteiger charge is -2.25. The van der Waals surface area contributed by atoms with Gasteiger partial charge in [-0.05, 0) is 26.7 Å². The highest BCUT2D eigenvalue weighted by atomic mass is 16.5. The van der Waals surface area contributed by atoms with Crippen LogP contribution in [0.5, 0.6) is 0 Å². The lowest BCUT2D eigenvalue weighted by atomic mass is 10.2. The number of nitrogens with one attached hydrogen (secondary N) is 2. The Morgan fingerprint density at radius 2 is 1.27 bits per heavy atom. The average molecular weight is 356 g/mol. The van der Waals surface area contributed by atoms with Gasteiger partial charge < -0.3 is 20.1 Å². The zero-order valence-corrected chi connectivity index (χ0v) is 16.0. The molecule has 26 heavy (non-hydrogen) atoms. The Kier molecular flexibility index (Phi) is 9.86. The van der Waals surface area contributed by atoms with Crippen LogP contribution < -0.4 is 21.1 Å². The van der Waals surface area contributed by atoms with Crippen LogP contribution in [0.1, 0.15) is 40.5 Å². The van der Waals surface area contributed by atoms with E-state index in [1.54, 1.807) is 12.1 Å². The molecule has 2 unspecified atom stereocenters. The van der Waals surface area contributed by atoms with E-state index in [0.717, 1.165) is 23.9 Å². The number of hydrogen-bond donors (Lipinski definition) is 2. The number of ether oxygens (including phenoxy) is 2.